The third-order valence-corrected chi connectivity index (χ3v) is 5.45. The van der Waals surface area contributed by atoms with E-state index < -0.39 is 0 Å². The summed E-state index contributed by atoms with van der Waals surface area (Å²) in [6, 6.07) is 25.1. The van der Waals surface area contributed by atoms with E-state index in [1.165, 1.54) is 33.3 Å². The molecule has 158 valence electrons. The molecular formula is C27H27NO3. The molecule has 0 aliphatic carbocycles. The summed E-state index contributed by atoms with van der Waals surface area (Å²) in [6.45, 7) is 7.14. The molecule has 0 spiro atoms. The van der Waals surface area contributed by atoms with Crippen LogP contribution in [0.1, 0.15) is 23.6 Å². The Labute approximate surface area is 183 Å². The van der Waals surface area contributed by atoms with Crippen molar-refractivity contribution in [3.63, 3.8) is 0 Å². The van der Waals surface area contributed by atoms with Gasteiger partial charge in [-0.15, -0.1) is 0 Å². The van der Waals surface area contributed by atoms with Crippen LogP contribution in [0.2, 0.25) is 0 Å². The standard InChI is InChI=1S/C27H27NO3/c1-4-30-26(29)18-31-23-13-11-21(12-14-23)17-28-25-15-10-19(2)16-24(25)20(3)27(28)22-8-6-5-7-9-22/h5-16H,4,17-18H2,1-3H3. The molecule has 0 N–H and O–H groups in total. The fourth-order valence-corrected chi connectivity index (χ4v) is 3.99. The zero-order chi connectivity index (χ0) is 21.8. The third kappa shape index (κ3) is 4.48. The largest absolute Gasteiger partial charge is 0.482 e. The van der Waals surface area contributed by atoms with Gasteiger partial charge in [-0.25, -0.2) is 4.79 Å². The van der Waals surface area contributed by atoms with E-state index in [0.717, 1.165) is 12.1 Å². The molecule has 0 saturated carbocycles. The zero-order valence-electron chi connectivity index (χ0n) is 18.2. The maximum atomic E-state index is 11.5. The number of carbonyl (C=O) groups is 1. The van der Waals surface area contributed by atoms with Crippen molar-refractivity contribution in [3.8, 4) is 17.0 Å². The second-order valence-electron chi connectivity index (χ2n) is 7.68. The molecule has 4 nitrogen and oxygen atoms in total. The first-order chi connectivity index (χ1) is 15.1. The Hall–Kier alpha value is -3.53. The molecule has 4 aromatic rings. The van der Waals surface area contributed by atoms with Crippen LogP contribution in [0.15, 0.2) is 72.8 Å². The molecule has 1 aromatic heterocycles. The highest BCUT2D eigenvalue weighted by atomic mass is 16.6. The van der Waals surface area contributed by atoms with E-state index in [9.17, 15) is 4.79 Å². The Morgan fingerprint density at radius 2 is 1.68 bits per heavy atom. The highest BCUT2D eigenvalue weighted by Crippen LogP contribution is 2.34. The third-order valence-electron chi connectivity index (χ3n) is 5.45. The van der Waals surface area contributed by atoms with Crippen molar-refractivity contribution in [1.29, 1.82) is 0 Å². The number of rotatable bonds is 7. The fourth-order valence-electron chi connectivity index (χ4n) is 3.99. The normalized spacial score (nSPS) is 10.9. The number of esters is 1. The second kappa shape index (κ2) is 9.09. The predicted molar refractivity (Wildman–Crippen MR) is 125 cm³/mol. The topological polar surface area (TPSA) is 40.5 Å². The highest BCUT2D eigenvalue weighted by Gasteiger charge is 2.16. The van der Waals surface area contributed by atoms with E-state index in [0.29, 0.717) is 12.4 Å². The summed E-state index contributed by atoms with van der Waals surface area (Å²) in [6.07, 6.45) is 0. The fraction of sp³-hybridized carbons (Fsp3) is 0.222. The molecular weight excluding hydrogens is 386 g/mol. The van der Waals surface area contributed by atoms with Gasteiger partial charge in [-0.2, -0.15) is 0 Å². The van der Waals surface area contributed by atoms with Crippen LogP contribution in [0, 0.1) is 13.8 Å². The van der Waals surface area contributed by atoms with Gasteiger partial charge in [0.25, 0.3) is 0 Å². The van der Waals surface area contributed by atoms with Crippen LogP contribution >= 0.6 is 0 Å². The molecule has 0 radical (unpaired) electrons. The van der Waals surface area contributed by atoms with Gasteiger partial charge < -0.3 is 14.0 Å². The van der Waals surface area contributed by atoms with Crippen LogP contribution in [0.25, 0.3) is 22.2 Å². The van der Waals surface area contributed by atoms with Crippen molar-refractivity contribution in [3.05, 3.63) is 89.5 Å². The van der Waals surface area contributed by atoms with Crippen LogP contribution in [0.4, 0.5) is 0 Å². The number of nitrogens with zero attached hydrogens (tertiary/aromatic N) is 1. The van der Waals surface area contributed by atoms with E-state index >= 15 is 0 Å². The second-order valence-corrected chi connectivity index (χ2v) is 7.68. The minimum atomic E-state index is -0.358. The van der Waals surface area contributed by atoms with Gasteiger partial charge in [-0.3, -0.25) is 0 Å². The minimum absolute atomic E-state index is 0.0773. The summed E-state index contributed by atoms with van der Waals surface area (Å²) in [5, 5.41) is 1.29. The number of carbonyl (C=O) groups excluding carboxylic acids is 1. The SMILES string of the molecule is CCOC(=O)COc1ccc(Cn2c(-c3ccccc3)c(C)c3cc(C)ccc32)cc1. The first kappa shape index (κ1) is 20.7. The maximum absolute atomic E-state index is 11.5. The number of hydrogen-bond donors (Lipinski definition) is 0. The summed E-state index contributed by atoms with van der Waals surface area (Å²) in [5.74, 6) is 0.299. The molecule has 0 saturated heterocycles. The van der Waals surface area contributed by atoms with Gasteiger partial charge in [0.2, 0.25) is 0 Å². The lowest BCUT2D eigenvalue weighted by Crippen LogP contribution is -2.14. The van der Waals surface area contributed by atoms with E-state index in [-0.39, 0.29) is 12.6 Å². The molecule has 4 heteroatoms. The van der Waals surface area contributed by atoms with Gasteiger partial charge in [-0.05, 0) is 61.7 Å². The number of fused-ring (bicyclic) bond motifs is 1. The molecule has 4 rings (SSSR count). The van der Waals surface area contributed by atoms with E-state index in [1.807, 2.05) is 30.3 Å². The maximum Gasteiger partial charge on any atom is 0.344 e. The Morgan fingerprint density at radius 1 is 0.935 bits per heavy atom. The lowest BCUT2D eigenvalue weighted by atomic mass is 10.1. The number of aromatic nitrogens is 1. The summed E-state index contributed by atoms with van der Waals surface area (Å²) < 4.78 is 12.8. The molecule has 0 aliphatic rings. The van der Waals surface area contributed by atoms with Crippen molar-refractivity contribution in [2.75, 3.05) is 13.2 Å². The van der Waals surface area contributed by atoms with Crippen molar-refractivity contribution >= 4 is 16.9 Å². The van der Waals surface area contributed by atoms with Crippen molar-refractivity contribution in [2.24, 2.45) is 0 Å². The van der Waals surface area contributed by atoms with Crippen LogP contribution in [0.3, 0.4) is 0 Å². The van der Waals surface area contributed by atoms with Crippen molar-refractivity contribution in [2.45, 2.75) is 27.3 Å². The Morgan fingerprint density at radius 3 is 2.39 bits per heavy atom. The summed E-state index contributed by atoms with van der Waals surface area (Å²) in [5.41, 5.74) is 7.39. The van der Waals surface area contributed by atoms with Crippen LogP contribution in [0.5, 0.6) is 5.75 Å². The van der Waals surface area contributed by atoms with Crippen molar-refractivity contribution < 1.29 is 14.3 Å². The number of hydrogen-bond acceptors (Lipinski definition) is 3. The lowest BCUT2D eigenvalue weighted by molar-refractivity contribution is -0.145. The first-order valence-electron chi connectivity index (χ1n) is 10.6. The molecule has 0 unspecified atom stereocenters. The molecule has 0 amide bonds. The summed E-state index contributed by atoms with van der Waals surface area (Å²) >= 11 is 0. The van der Waals surface area contributed by atoms with Crippen molar-refractivity contribution in [1.82, 2.24) is 4.57 Å². The Kier molecular flexibility index (Phi) is 6.08. The van der Waals surface area contributed by atoms with E-state index in [4.69, 9.17) is 9.47 Å². The zero-order valence-corrected chi connectivity index (χ0v) is 18.2. The average molecular weight is 414 g/mol. The number of ether oxygens (including phenoxy) is 2. The molecule has 3 aromatic carbocycles. The Bertz CT molecular complexity index is 1190. The number of aryl methyl sites for hydroxylation is 2. The Balaban J connectivity index is 1.66. The molecule has 0 aliphatic heterocycles. The summed E-state index contributed by atoms with van der Waals surface area (Å²) in [7, 11) is 0. The van der Waals surface area contributed by atoms with Gasteiger partial charge in [0.05, 0.1) is 12.3 Å². The van der Waals surface area contributed by atoms with Crippen LogP contribution in [-0.4, -0.2) is 23.8 Å². The lowest BCUT2D eigenvalue weighted by Gasteiger charge is -2.13. The van der Waals surface area contributed by atoms with Crippen LogP contribution in [-0.2, 0) is 16.1 Å². The monoisotopic (exact) mass is 413 g/mol. The number of benzene rings is 3. The molecule has 0 atom stereocenters. The molecule has 0 bridgehead atoms. The van der Waals surface area contributed by atoms with Gasteiger partial charge in [0.15, 0.2) is 6.61 Å². The van der Waals surface area contributed by atoms with Gasteiger partial charge >= 0.3 is 5.97 Å². The highest BCUT2D eigenvalue weighted by molar-refractivity contribution is 5.92. The molecule has 1 heterocycles. The summed E-state index contributed by atoms with van der Waals surface area (Å²) in [4.78, 5) is 11.5. The quantitative estimate of drug-likeness (QED) is 0.353. The van der Waals surface area contributed by atoms with E-state index in [1.54, 1.807) is 6.92 Å². The van der Waals surface area contributed by atoms with Gasteiger partial charge in [0, 0.05) is 17.4 Å². The van der Waals surface area contributed by atoms with E-state index in [2.05, 4.69) is 60.9 Å². The van der Waals surface area contributed by atoms with Gasteiger partial charge in [-0.1, -0.05) is 54.1 Å². The molecule has 31 heavy (non-hydrogen) atoms. The predicted octanol–water partition coefficient (Wildman–Crippen LogP) is 5.92. The van der Waals surface area contributed by atoms with Gasteiger partial charge in [0.1, 0.15) is 5.75 Å². The van der Waals surface area contributed by atoms with Crippen LogP contribution < -0.4 is 4.74 Å². The average Bonchev–Trinajstić information content (AvgIpc) is 3.05. The minimum Gasteiger partial charge on any atom is -0.482 e. The first-order valence-corrected chi connectivity index (χ1v) is 10.6. The molecule has 0 fully saturated rings. The smallest absolute Gasteiger partial charge is 0.344 e.